The number of amides is 1. The summed E-state index contributed by atoms with van der Waals surface area (Å²) in [6.45, 7) is 3.92. The van der Waals surface area contributed by atoms with Gasteiger partial charge < -0.3 is 10.1 Å². The number of hydrogen-bond donors (Lipinski definition) is 1. The lowest BCUT2D eigenvalue weighted by molar-refractivity contribution is -0.113. The number of rotatable bonds is 5. The van der Waals surface area contributed by atoms with Crippen LogP contribution >= 0.6 is 11.8 Å². The number of nitriles is 1. The number of hydrogen-bond acceptors (Lipinski definition) is 5. The van der Waals surface area contributed by atoms with Gasteiger partial charge in [0.25, 0.3) is 0 Å². The maximum absolute atomic E-state index is 12.4. The van der Waals surface area contributed by atoms with Crippen LogP contribution in [0, 0.1) is 25.2 Å². The predicted molar refractivity (Wildman–Crippen MR) is 108 cm³/mol. The number of carbonyl (C=O) groups excluding carboxylic acids is 1. The first-order valence-electron chi connectivity index (χ1n) is 8.39. The van der Waals surface area contributed by atoms with E-state index in [-0.39, 0.29) is 11.7 Å². The largest absolute Gasteiger partial charge is 0.497 e. The molecule has 1 N–H and O–H groups in total. The van der Waals surface area contributed by atoms with E-state index in [4.69, 9.17) is 4.74 Å². The van der Waals surface area contributed by atoms with Crippen LogP contribution in [0.4, 0.5) is 5.69 Å². The molecule has 0 spiro atoms. The van der Waals surface area contributed by atoms with Crippen molar-refractivity contribution >= 4 is 34.3 Å². The summed E-state index contributed by atoms with van der Waals surface area (Å²) in [4.78, 5) is 16.9. The summed E-state index contributed by atoms with van der Waals surface area (Å²) in [5.41, 5.74) is 4.05. The van der Waals surface area contributed by atoms with Crippen LogP contribution in [0.25, 0.3) is 10.9 Å². The number of aromatic nitrogens is 1. The standard InChI is InChI=1S/C21H19N3O2S/c1-13-5-4-6-14(2)20(13)24-19(25)12-27-21-16(11-22)9-15-7-8-17(26-3)10-18(15)23-21/h4-10H,12H2,1-3H3,(H,24,25). The molecule has 0 saturated heterocycles. The van der Waals surface area contributed by atoms with E-state index >= 15 is 0 Å². The van der Waals surface area contributed by atoms with Gasteiger partial charge in [0.15, 0.2) is 0 Å². The van der Waals surface area contributed by atoms with Crippen LogP contribution in [-0.2, 0) is 4.79 Å². The Morgan fingerprint density at radius 1 is 1.22 bits per heavy atom. The highest BCUT2D eigenvalue weighted by Crippen LogP contribution is 2.27. The molecule has 3 aromatic rings. The zero-order chi connectivity index (χ0) is 19.4. The normalized spacial score (nSPS) is 10.4. The van der Waals surface area contributed by atoms with Gasteiger partial charge in [0.1, 0.15) is 16.8 Å². The van der Waals surface area contributed by atoms with E-state index in [0.717, 1.165) is 27.7 Å². The fraction of sp³-hybridized carbons (Fsp3) is 0.190. The molecule has 0 radical (unpaired) electrons. The maximum atomic E-state index is 12.4. The highest BCUT2D eigenvalue weighted by Gasteiger charge is 2.12. The molecule has 0 aliphatic rings. The van der Waals surface area contributed by atoms with Gasteiger partial charge in [-0.05, 0) is 43.2 Å². The fourth-order valence-electron chi connectivity index (χ4n) is 2.77. The Kier molecular flexibility index (Phi) is 5.63. The van der Waals surface area contributed by atoms with Gasteiger partial charge in [-0.1, -0.05) is 30.0 Å². The molecule has 0 atom stereocenters. The summed E-state index contributed by atoms with van der Waals surface area (Å²) < 4.78 is 5.23. The molecule has 6 heteroatoms. The number of aryl methyl sites for hydroxylation is 2. The van der Waals surface area contributed by atoms with Crippen molar-refractivity contribution in [2.45, 2.75) is 18.9 Å². The molecular formula is C21H19N3O2S. The number of nitrogens with one attached hydrogen (secondary N) is 1. The summed E-state index contributed by atoms with van der Waals surface area (Å²) in [5, 5.41) is 13.8. The molecule has 0 fully saturated rings. The Bertz CT molecular complexity index is 1040. The molecule has 27 heavy (non-hydrogen) atoms. The minimum atomic E-state index is -0.131. The fourth-order valence-corrected chi connectivity index (χ4v) is 3.53. The van der Waals surface area contributed by atoms with Crippen LogP contribution in [0.15, 0.2) is 47.5 Å². The van der Waals surface area contributed by atoms with E-state index in [1.54, 1.807) is 13.2 Å². The van der Waals surface area contributed by atoms with Gasteiger partial charge in [-0.25, -0.2) is 4.98 Å². The third kappa shape index (κ3) is 4.21. The number of carbonyl (C=O) groups is 1. The number of para-hydroxylation sites is 1. The van der Waals surface area contributed by atoms with E-state index in [1.807, 2.05) is 50.2 Å². The number of methoxy groups -OCH3 is 1. The van der Waals surface area contributed by atoms with E-state index < -0.39 is 0 Å². The molecule has 136 valence electrons. The number of ether oxygens (including phenoxy) is 1. The predicted octanol–water partition coefficient (Wildman–Crippen LogP) is 4.46. The van der Waals surface area contributed by atoms with E-state index in [1.165, 1.54) is 11.8 Å². The summed E-state index contributed by atoms with van der Waals surface area (Å²) in [5.74, 6) is 0.738. The van der Waals surface area contributed by atoms with Gasteiger partial charge in [0.2, 0.25) is 5.91 Å². The Hall–Kier alpha value is -3.04. The highest BCUT2D eigenvalue weighted by atomic mass is 32.2. The number of benzene rings is 2. The number of anilines is 1. The van der Waals surface area contributed by atoms with E-state index in [0.29, 0.717) is 16.3 Å². The SMILES string of the molecule is COc1ccc2cc(C#N)c(SCC(=O)Nc3c(C)cccc3C)nc2c1. The molecule has 3 rings (SSSR count). The second-order valence-electron chi connectivity index (χ2n) is 6.12. The number of fused-ring (bicyclic) bond motifs is 1. The van der Waals surface area contributed by atoms with Crippen molar-refractivity contribution in [2.75, 3.05) is 18.2 Å². The van der Waals surface area contributed by atoms with Gasteiger partial charge in [-0.15, -0.1) is 0 Å². The van der Waals surface area contributed by atoms with Gasteiger partial charge in [-0.3, -0.25) is 4.79 Å². The molecule has 0 saturated carbocycles. The first-order valence-corrected chi connectivity index (χ1v) is 9.38. The summed E-state index contributed by atoms with van der Waals surface area (Å²) >= 11 is 1.25. The molecule has 0 bridgehead atoms. The lowest BCUT2D eigenvalue weighted by Gasteiger charge is -2.11. The molecular weight excluding hydrogens is 358 g/mol. The highest BCUT2D eigenvalue weighted by molar-refractivity contribution is 8.00. The van der Waals surface area contributed by atoms with Crippen molar-refractivity contribution in [2.24, 2.45) is 0 Å². The average molecular weight is 377 g/mol. The Labute approximate surface area is 162 Å². The average Bonchev–Trinajstić information content (AvgIpc) is 2.68. The third-order valence-corrected chi connectivity index (χ3v) is 5.19. The first-order chi connectivity index (χ1) is 13.0. The summed E-state index contributed by atoms with van der Waals surface area (Å²) in [6.07, 6.45) is 0. The van der Waals surface area contributed by atoms with Crippen molar-refractivity contribution in [1.82, 2.24) is 4.98 Å². The molecule has 1 aromatic heterocycles. The van der Waals surface area contributed by atoms with Gasteiger partial charge in [-0.2, -0.15) is 5.26 Å². The molecule has 0 aliphatic carbocycles. The molecule has 0 aliphatic heterocycles. The lowest BCUT2D eigenvalue weighted by atomic mass is 10.1. The first kappa shape index (κ1) is 18.7. The van der Waals surface area contributed by atoms with Crippen LogP contribution < -0.4 is 10.1 Å². The second-order valence-corrected chi connectivity index (χ2v) is 7.08. The van der Waals surface area contributed by atoms with Crippen LogP contribution in [0.3, 0.4) is 0 Å². The molecule has 2 aromatic carbocycles. The minimum Gasteiger partial charge on any atom is -0.497 e. The summed E-state index contributed by atoms with van der Waals surface area (Å²) in [7, 11) is 1.60. The van der Waals surface area contributed by atoms with Crippen LogP contribution in [-0.4, -0.2) is 23.8 Å². The maximum Gasteiger partial charge on any atom is 0.234 e. The topological polar surface area (TPSA) is 75.0 Å². The van der Waals surface area contributed by atoms with Crippen LogP contribution in [0.1, 0.15) is 16.7 Å². The number of pyridine rings is 1. The molecule has 1 amide bonds. The van der Waals surface area contributed by atoms with Crippen LogP contribution in [0.2, 0.25) is 0 Å². The Balaban J connectivity index is 1.79. The number of nitrogens with zero attached hydrogens (tertiary/aromatic N) is 2. The Morgan fingerprint density at radius 2 is 1.96 bits per heavy atom. The van der Waals surface area contributed by atoms with E-state index in [9.17, 15) is 10.1 Å². The molecule has 0 unspecified atom stereocenters. The molecule has 1 heterocycles. The molecule has 5 nitrogen and oxygen atoms in total. The van der Waals surface area contributed by atoms with Crippen molar-refractivity contribution in [1.29, 1.82) is 5.26 Å². The minimum absolute atomic E-state index is 0.131. The van der Waals surface area contributed by atoms with Crippen molar-refractivity contribution < 1.29 is 9.53 Å². The van der Waals surface area contributed by atoms with Gasteiger partial charge in [0, 0.05) is 17.1 Å². The Morgan fingerprint density at radius 3 is 2.63 bits per heavy atom. The third-order valence-electron chi connectivity index (χ3n) is 4.20. The smallest absolute Gasteiger partial charge is 0.234 e. The quantitative estimate of drug-likeness (QED) is 0.664. The van der Waals surface area contributed by atoms with Gasteiger partial charge in [0.05, 0.1) is 23.9 Å². The van der Waals surface area contributed by atoms with Crippen molar-refractivity contribution in [3.63, 3.8) is 0 Å². The van der Waals surface area contributed by atoms with Gasteiger partial charge >= 0.3 is 0 Å². The zero-order valence-corrected chi connectivity index (χ0v) is 16.2. The van der Waals surface area contributed by atoms with Crippen LogP contribution in [0.5, 0.6) is 5.75 Å². The van der Waals surface area contributed by atoms with E-state index in [2.05, 4.69) is 16.4 Å². The van der Waals surface area contributed by atoms with Crippen molar-refractivity contribution in [3.05, 3.63) is 59.2 Å². The summed E-state index contributed by atoms with van der Waals surface area (Å²) in [6, 6.07) is 15.3. The monoisotopic (exact) mass is 377 g/mol. The van der Waals surface area contributed by atoms with Crippen molar-refractivity contribution in [3.8, 4) is 11.8 Å². The zero-order valence-electron chi connectivity index (χ0n) is 15.4. The lowest BCUT2D eigenvalue weighted by Crippen LogP contribution is -2.16. The number of thioether (sulfide) groups is 1. The second kappa shape index (κ2) is 8.11.